The molecule has 0 aromatic carbocycles. The number of hydrogen-bond donors (Lipinski definition) is 2. The van der Waals surface area contributed by atoms with Crippen LogP contribution in [0.5, 0.6) is 0 Å². The van der Waals surface area contributed by atoms with Gasteiger partial charge in [0.05, 0.1) is 17.7 Å². The van der Waals surface area contributed by atoms with Crippen molar-refractivity contribution in [1.29, 1.82) is 0 Å². The summed E-state index contributed by atoms with van der Waals surface area (Å²) in [6.45, 7) is 5.27. The molecule has 0 fully saturated rings. The second kappa shape index (κ2) is 5.39. The Morgan fingerprint density at radius 2 is 2.13 bits per heavy atom. The maximum atomic E-state index is 11.9. The molecular formula is C15H17N5O2S. The van der Waals surface area contributed by atoms with Gasteiger partial charge in [-0.25, -0.2) is 4.98 Å². The minimum absolute atomic E-state index is 0.184. The second-order valence-electron chi connectivity index (χ2n) is 5.63. The summed E-state index contributed by atoms with van der Waals surface area (Å²) in [5, 5.41) is 19.8. The predicted octanol–water partition coefficient (Wildman–Crippen LogP) is 1.20. The first-order chi connectivity index (χ1) is 10.9. The molecule has 0 spiro atoms. The molecule has 3 aromatic rings. The molecule has 3 heterocycles. The highest BCUT2D eigenvalue weighted by molar-refractivity contribution is 7.11. The number of imidazole rings is 1. The molecule has 1 atom stereocenters. The number of aryl methyl sites for hydroxylation is 2. The monoisotopic (exact) mass is 331 g/mol. The summed E-state index contributed by atoms with van der Waals surface area (Å²) in [7, 11) is 0. The van der Waals surface area contributed by atoms with Crippen molar-refractivity contribution in [2.75, 3.05) is 6.61 Å². The minimum Gasteiger partial charge on any atom is -0.395 e. The number of primary amides is 1. The van der Waals surface area contributed by atoms with Crippen LogP contribution in [0.2, 0.25) is 0 Å². The third-order valence-corrected chi connectivity index (χ3v) is 5.03. The van der Waals surface area contributed by atoms with Crippen LogP contribution in [0.25, 0.3) is 5.65 Å². The normalized spacial score (nSPS) is 14.1. The molecule has 0 saturated carbocycles. The van der Waals surface area contributed by atoms with Crippen molar-refractivity contribution in [2.24, 2.45) is 5.73 Å². The van der Waals surface area contributed by atoms with Gasteiger partial charge in [0.1, 0.15) is 21.4 Å². The molecule has 1 amide bonds. The van der Waals surface area contributed by atoms with Crippen LogP contribution in [-0.2, 0) is 5.41 Å². The van der Waals surface area contributed by atoms with E-state index in [1.165, 1.54) is 11.3 Å². The van der Waals surface area contributed by atoms with Gasteiger partial charge in [-0.15, -0.1) is 21.5 Å². The SMILES string of the molecule is Cc1nnc([C@](C)(CO)c2cccc3nc(C)c(C(N)=O)n23)s1. The van der Waals surface area contributed by atoms with Gasteiger partial charge >= 0.3 is 0 Å². The lowest BCUT2D eigenvalue weighted by Crippen LogP contribution is -2.32. The third kappa shape index (κ3) is 2.30. The second-order valence-corrected chi connectivity index (χ2v) is 6.81. The van der Waals surface area contributed by atoms with Crippen LogP contribution in [0.15, 0.2) is 18.2 Å². The van der Waals surface area contributed by atoms with E-state index in [1.807, 2.05) is 26.0 Å². The number of carbonyl (C=O) groups excluding carboxylic acids is 1. The number of rotatable bonds is 4. The zero-order valence-electron chi connectivity index (χ0n) is 13.1. The first-order valence-electron chi connectivity index (χ1n) is 7.08. The van der Waals surface area contributed by atoms with Crippen molar-refractivity contribution >= 4 is 22.9 Å². The summed E-state index contributed by atoms with van der Waals surface area (Å²) in [5.74, 6) is -0.559. The van der Waals surface area contributed by atoms with E-state index in [0.717, 1.165) is 5.01 Å². The Morgan fingerprint density at radius 3 is 2.70 bits per heavy atom. The number of aliphatic hydroxyl groups is 1. The highest BCUT2D eigenvalue weighted by atomic mass is 32.1. The first kappa shape index (κ1) is 15.6. The molecule has 7 nitrogen and oxygen atoms in total. The average molecular weight is 331 g/mol. The fourth-order valence-electron chi connectivity index (χ4n) is 2.70. The van der Waals surface area contributed by atoms with Gasteiger partial charge in [-0.1, -0.05) is 6.07 Å². The molecule has 0 aliphatic heterocycles. The maximum absolute atomic E-state index is 11.9. The summed E-state index contributed by atoms with van der Waals surface area (Å²) in [5.41, 5.74) is 6.89. The summed E-state index contributed by atoms with van der Waals surface area (Å²) >= 11 is 1.41. The number of pyridine rings is 1. The molecule has 0 aliphatic rings. The van der Waals surface area contributed by atoms with Gasteiger partial charge in [-0.3, -0.25) is 9.20 Å². The molecular weight excluding hydrogens is 314 g/mol. The van der Waals surface area contributed by atoms with Crippen LogP contribution in [0.1, 0.15) is 38.8 Å². The summed E-state index contributed by atoms with van der Waals surface area (Å²) in [6, 6.07) is 5.48. The lowest BCUT2D eigenvalue weighted by Gasteiger charge is -2.26. The van der Waals surface area contributed by atoms with Crippen molar-refractivity contribution in [3.05, 3.63) is 45.3 Å². The molecule has 0 saturated heterocycles. The van der Waals surface area contributed by atoms with E-state index in [4.69, 9.17) is 5.73 Å². The average Bonchev–Trinajstić information content (AvgIpc) is 3.08. The number of hydrogen-bond acceptors (Lipinski definition) is 6. The fourth-order valence-corrected chi connectivity index (χ4v) is 3.54. The van der Waals surface area contributed by atoms with E-state index in [9.17, 15) is 9.90 Å². The number of nitrogens with two attached hydrogens (primary N) is 1. The molecule has 0 unspecified atom stereocenters. The van der Waals surface area contributed by atoms with E-state index in [1.54, 1.807) is 17.4 Å². The maximum Gasteiger partial charge on any atom is 0.267 e. The zero-order valence-corrected chi connectivity index (χ0v) is 13.9. The highest BCUT2D eigenvalue weighted by Crippen LogP contribution is 2.34. The molecule has 0 radical (unpaired) electrons. The van der Waals surface area contributed by atoms with Gasteiger partial charge in [0, 0.05) is 5.69 Å². The lowest BCUT2D eigenvalue weighted by molar-refractivity contribution is 0.0993. The summed E-state index contributed by atoms with van der Waals surface area (Å²) < 4.78 is 1.70. The summed E-state index contributed by atoms with van der Waals surface area (Å²) in [6.07, 6.45) is 0. The Labute approximate surface area is 136 Å². The topological polar surface area (TPSA) is 106 Å². The molecule has 8 heteroatoms. The van der Waals surface area contributed by atoms with Crippen molar-refractivity contribution < 1.29 is 9.90 Å². The van der Waals surface area contributed by atoms with Crippen molar-refractivity contribution in [1.82, 2.24) is 19.6 Å². The van der Waals surface area contributed by atoms with Gasteiger partial charge < -0.3 is 10.8 Å². The molecule has 3 N–H and O–H groups in total. The Kier molecular flexibility index (Phi) is 3.65. The van der Waals surface area contributed by atoms with E-state index in [2.05, 4.69) is 15.2 Å². The number of fused-ring (bicyclic) bond motifs is 1. The van der Waals surface area contributed by atoms with Crippen LogP contribution < -0.4 is 5.73 Å². The van der Waals surface area contributed by atoms with Gasteiger partial charge in [0.15, 0.2) is 0 Å². The first-order valence-corrected chi connectivity index (χ1v) is 7.90. The Hall–Kier alpha value is -2.32. The molecule has 0 bridgehead atoms. The standard InChI is InChI=1S/C15H17N5O2S/c1-8-12(13(16)22)20-10(5-4-6-11(20)17-8)15(3,7-21)14-19-18-9(2)23-14/h4-6,21H,7H2,1-3H3,(H2,16,22)/t15-/m1/s1. The molecule has 23 heavy (non-hydrogen) atoms. The van der Waals surface area contributed by atoms with Gasteiger partial charge in [0.25, 0.3) is 5.91 Å². The number of nitrogens with zero attached hydrogens (tertiary/aromatic N) is 4. The van der Waals surface area contributed by atoms with Crippen LogP contribution >= 0.6 is 11.3 Å². The number of amides is 1. The van der Waals surface area contributed by atoms with E-state index in [-0.39, 0.29) is 6.61 Å². The summed E-state index contributed by atoms with van der Waals surface area (Å²) in [4.78, 5) is 16.3. The molecule has 3 rings (SSSR count). The van der Waals surface area contributed by atoms with E-state index < -0.39 is 11.3 Å². The van der Waals surface area contributed by atoms with Gasteiger partial charge in [0.2, 0.25) is 0 Å². The van der Waals surface area contributed by atoms with Gasteiger partial charge in [-0.2, -0.15) is 0 Å². The number of aliphatic hydroxyl groups excluding tert-OH is 1. The molecule has 3 aromatic heterocycles. The van der Waals surface area contributed by atoms with Crippen molar-refractivity contribution in [3.63, 3.8) is 0 Å². The Bertz CT molecular complexity index is 901. The van der Waals surface area contributed by atoms with Crippen LogP contribution in [0.3, 0.4) is 0 Å². The highest BCUT2D eigenvalue weighted by Gasteiger charge is 2.35. The van der Waals surface area contributed by atoms with Gasteiger partial charge in [-0.05, 0) is 32.9 Å². The smallest absolute Gasteiger partial charge is 0.267 e. The number of aromatic nitrogens is 4. The molecule has 120 valence electrons. The zero-order chi connectivity index (χ0) is 16.8. The Balaban J connectivity index is 2.36. The van der Waals surface area contributed by atoms with Crippen molar-refractivity contribution in [2.45, 2.75) is 26.2 Å². The Morgan fingerprint density at radius 1 is 1.39 bits per heavy atom. The van der Waals surface area contributed by atoms with E-state index in [0.29, 0.717) is 27.7 Å². The quantitative estimate of drug-likeness (QED) is 0.747. The largest absolute Gasteiger partial charge is 0.395 e. The van der Waals surface area contributed by atoms with Crippen LogP contribution in [0, 0.1) is 13.8 Å². The fraction of sp³-hybridized carbons (Fsp3) is 0.333. The predicted molar refractivity (Wildman–Crippen MR) is 86.6 cm³/mol. The van der Waals surface area contributed by atoms with Crippen LogP contribution in [0.4, 0.5) is 0 Å². The van der Waals surface area contributed by atoms with Crippen molar-refractivity contribution in [3.8, 4) is 0 Å². The third-order valence-electron chi connectivity index (χ3n) is 3.93. The minimum atomic E-state index is -0.817. The van der Waals surface area contributed by atoms with E-state index >= 15 is 0 Å². The van der Waals surface area contributed by atoms with Crippen LogP contribution in [-0.4, -0.2) is 37.2 Å². The lowest BCUT2D eigenvalue weighted by atomic mass is 9.87. The molecule has 0 aliphatic carbocycles. The number of carbonyl (C=O) groups is 1.